The quantitative estimate of drug-likeness (QED) is 0.556. The van der Waals surface area contributed by atoms with E-state index in [0.29, 0.717) is 26.7 Å². The Hall–Kier alpha value is -2.12. The molecule has 1 aliphatic heterocycles. The molecule has 2 aromatic heterocycles. The Morgan fingerprint density at radius 1 is 1.19 bits per heavy atom. The molecule has 8 heteroatoms. The van der Waals surface area contributed by atoms with E-state index in [4.69, 9.17) is 16.6 Å². The van der Waals surface area contributed by atoms with E-state index < -0.39 is 5.82 Å². The van der Waals surface area contributed by atoms with Crippen LogP contribution in [0.5, 0.6) is 0 Å². The molecule has 1 aliphatic carbocycles. The lowest BCUT2D eigenvalue weighted by Gasteiger charge is -2.15. The fourth-order valence-corrected chi connectivity index (χ4v) is 4.02. The number of aliphatic imine (C=N–C) groups is 1. The molecular formula is C19H14BrClFN5. The molecule has 0 spiro atoms. The first-order chi connectivity index (χ1) is 13.1. The van der Waals surface area contributed by atoms with Gasteiger partial charge in [-0.15, -0.1) is 10.2 Å². The smallest absolute Gasteiger partial charge is 0.162 e. The number of nitrogens with zero attached hydrogens (tertiary/aromatic N) is 5. The van der Waals surface area contributed by atoms with Crippen LogP contribution in [0.4, 0.5) is 4.39 Å². The number of halogens is 3. The predicted molar refractivity (Wildman–Crippen MR) is 104 cm³/mol. The number of rotatable bonds is 2. The van der Waals surface area contributed by atoms with Gasteiger partial charge in [-0.25, -0.2) is 4.39 Å². The van der Waals surface area contributed by atoms with Crippen molar-refractivity contribution in [3.05, 3.63) is 68.7 Å². The van der Waals surface area contributed by atoms with Crippen molar-refractivity contribution in [1.82, 2.24) is 19.7 Å². The Kier molecular flexibility index (Phi) is 3.91. The van der Waals surface area contributed by atoms with Crippen molar-refractivity contribution in [2.75, 3.05) is 0 Å². The van der Waals surface area contributed by atoms with E-state index >= 15 is 0 Å². The lowest BCUT2D eigenvalue weighted by Crippen LogP contribution is -2.13. The molecule has 5 rings (SSSR count). The van der Waals surface area contributed by atoms with Crippen LogP contribution < -0.4 is 0 Å². The molecule has 0 saturated heterocycles. The molecule has 5 nitrogen and oxygen atoms in total. The van der Waals surface area contributed by atoms with Crippen molar-refractivity contribution < 1.29 is 4.39 Å². The summed E-state index contributed by atoms with van der Waals surface area (Å²) in [6.07, 6.45) is 3.74. The van der Waals surface area contributed by atoms with Crippen LogP contribution in [-0.4, -0.2) is 25.5 Å². The molecule has 0 bridgehead atoms. The fraction of sp³-hybridized carbons (Fsp3) is 0.263. The minimum Gasteiger partial charge on any atom is -0.280 e. The molecule has 1 atom stereocenters. The van der Waals surface area contributed by atoms with Gasteiger partial charge in [-0.05, 0) is 60.0 Å². The van der Waals surface area contributed by atoms with Crippen LogP contribution in [0.1, 0.15) is 54.6 Å². The van der Waals surface area contributed by atoms with E-state index in [1.165, 1.54) is 6.07 Å². The SMILES string of the molecule is C[C@@H]1N=C(c2ncccc2F)c2c(ccc(Br)c2Cl)-n2c(C3CC3)nnc21. The summed E-state index contributed by atoms with van der Waals surface area (Å²) in [5, 5.41) is 9.28. The van der Waals surface area contributed by atoms with Gasteiger partial charge >= 0.3 is 0 Å². The third-order valence-electron chi connectivity index (χ3n) is 4.89. The summed E-state index contributed by atoms with van der Waals surface area (Å²) in [5.74, 6) is 1.59. The highest BCUT2D eigenvalue weighted by atomic mass is 79.9. The highest BCUT2D eigenvalue weighted by Crippen LogP contribution is 2.44. The zero-order valence-corrected chi connectivity index (χ0v) is 16.7. The first-order valence-corrected chi connectivity index (χ1v) is 9.86. The molecule has 3 aromatic rings. The van der Waals surface area contributed by atoms with Gasteiger partial charge in [0.15, 0.2) is 11.6 Å². The molecule has 1 saturated carbocycles. The van der Waals surface area contributed by atoms with Crippen LogP contribution in [0.2, 0.25) is 5.02 Å². The molecule has 1 aromatic carbocycles. The van der Waals surface area contributed by atoms with E-state index in [9.17, 15) is 4.39 Å². The maximum atomic E-state index is 14.6. The molecule has 0 radical (unpaired) electrons. The standard InChI is InChI=1S/C19H14BrClFN5/c1-9-18-25-26-19(10-4-5-10)27(18)13-7-6-11(20)15(21)14(13)17(24-9)16-12(22)3-2-8-23-16/h2-3,6-10H,4-5H2,1H3/t9-/m0/s1. The van der Waals surface area contributed by atoms with Gasteiger partial charge in [0.25, 0.3) is 0 Å². The highest BCUT2D eigenvalue weighted by molar-refractivity contribution is 9.10. The third kappa shape index (κ3) is 2.63. The number of pyridine rings is 1. The van der Waals surface area contributed by atoms with Crippen molar-refractivity contribution in [3.63, 3.8) is 0 Å². The summed E-state index contributed by atoms with van der Waals surface area (Å²) in [4.78, 5) is 9.01. The Morgan fingerprint density at radius 2 is 1.96 bits per heavy atom. The third-order valence-corrected chi connectivity index (χ3v) is 6.17. The van der Waals surface area contributed by atoms with Gasteiger partial charge in [-0.1, -0.05) is 11.6 Å². The number of benzene rings is 1. The molecule has 0 amide bonds. The lowest BCUT2D eigenvalue weighted by molar-refractivity contribution is 0.617. The van der Waals surface area contributed by atoms with Crippen molar-refractivity contribution in [3.8, 4) is 5.69 Å². The first kappa shape index (κ1) is 17.0. The topological polar surface area (TPSA) is 56.0 Å². The van der Waals surface area contributed by atoms with E-state index in [0.717, 1.165) is 30.2 Å². The first-order valence-electron chi connectivity index (χ1n) is 8.69. The van der Waals surface area contributed by atoms with Crippen molar-refractivity contribution >= 4 is 33.2 Å². The van der Waals surface area contributed by atoms with E-state index in [-0.39, 0.29) is 11.7 Å². The monoisotopic (exact) mass is 445 g/mol. The van der Waals surface area contributed by atoms with Gasteiger partial charge < -0.3 is 0 Å². The molecule has 0 unspecified atom stereocenters. The summed E-state index contributed by atoms with van der Waals surface area (Å²) in [5.41, 5.74) is 2.04. The van der Waals surface area contributed by atoms with Crippen molar-refractivity contribution in [2.45, 2.75) is 31.7 Å². The molecule has 136 valence electrons. The van der Waals surface area contributed by atoms with E-state index in [1.807, 2.05) is 23.6 Å². The second-order valence-corrected chi connectivity index (χ2v) is 8.00. The van der Waals surface area contributed by atoms with Gasteiger partial charge in [0.05, 0.1) is 16.4 Å². The molecule has 1 fully saturated rings. The van der Waals surface area contributed by atoms with Crippen LogP contribution in [0.3, 0.4) is 0 Å². The van der Waals surface area contributed by atoms with Gasteiger partial charge in [0, 0.05) is 22.2 Å². The number of hydrogen-bond donors (Lipinski definition) is 0. The minimum absolute atomic E-state index is 0.178. The van der Waals surface area contributed by atoms with Gasteiger partial charge in [-0.2, -0.15) is 0 Å². The largest absolute Gasteiger partial charge is 0.280 e. The van der Waals surface area contributed by atoms with Crippen molar-refractivity contribution in [1.29, 1.82) is 0 Å². The second kappa shape index (κ2) is 6.21. The predicted octanol–water partition coefficient (Wildman–Crippen LogP) is 5.01. The number of fused-ring (bicyclic) bond motifs is 3. The Balaban J connectivity index is 1.86. The number of hydrogen-bond acceptors (Lipinski definition) is 4. The maximum Gasteiger partial charge on any atom is 0.162 e. The average Bonchev–Trinajstić information content (AvgIpc) is 3.42. The normalized spacial score (nSPS) is 18.5. The molecular weight excluding hydrogens is 433 g/mol. The number of aromatic nitrogens is 4. The zero-order chi connectivity index (χ0) is 18.7. The van der Waals surface area contributed by atoms with Crippen LogP contribution in [0.15, 0.2) is 39.9 Å². The lowest BCUT2D eigenvalue weighted by atomic mass is 10.0. The molecule has 27 heavy (non-hydrogen) atoms. The Bertz CT molecular complexity index is 1110. The fourth-order valence-electron chi connectivity index (χ4n) is 3.44. The van der Waals surface area contributed by atoms with Gasteiger partial charge in [0.2, 0.25) is 0 Å². The summed E-state index contributed by atoms with van der Waals surface area (Å²) >= 11 is 10.2. The summed E-state index contributed by atoms with van der Waals surface area (Å²) in [6.45, 7) is 1.92. The van der Waals surface area contributed by atoms with Crippen LogP contribution in [0, 0.1) is 5.82 Å². The van der Waals surface area contributed by atoms with E-state index in [1.54, 1.807) is 12.3 Å². The Morgan fingerprint density at radius 3 is 2.70 bits per heavy atom. The second-order valence-electron chi connectivity index (χ2n) is 6.77. The van der Waals surface area contributed by atoms with Crippen molar-refractivity contribution in [2.24, 2.45) is 4.99 Å². The molecule has 0 N–H and O–H groups in total. The zero-order valence-electron chi connectivity index (χ0n) is 14.3. The molecule has 3 heterocycles. The maximum absolute atomic E-state index is 14.6. The van der Waals surface area contributed by atoms with Crippen LogP contribution >= 0.6 is 27.5 Å². The summed E-state index contributed by atoms with van der Waals surface area (Å²) in [7, 11) is 0. The molecule has 2 aliphatic rings. The van der Waals surface area contributed by atoms with E-state index in [2.05, 4.69) is 31.1 Å². The summed E-state index contributed by atoms with van der Waals surface area (Å²) in [6, 6.07) is 6.44. The minimum atomic E-state index is -0.439. The highest BCUT2D eigenvalue weighted by Gasteiger charge is 2.35. The van der Waals surface area contributed by atoms with Gasteiger partial charge in [-0.3, -0.25) is 14.5 Å². The van der Waals surface area contributed by atoms with Gasteiger partial charge in [0.1, 0.15) is 17.6 Å². The Labute approximate surface area is 168 Å². The van der Waals surface area contributed by atoms with Crippen LogP contribution in [0.25, 0.3) is 5.69 Å². The average molecular weight is 447 g/mol. The summed E-state index contributed by atoms with van der Waals surface area (Å²) < 4.78 is 17.3. The van der Waals surface area contributed by atoms with Crippen LogP contribution in [-0.2, 0) is 0 Å².